The number of ether oxygens (including phenoxy) is 1. The Morgan fingerprint density at radius 2 is 2.25 bits per heavy atom. The maximum Gasteiger partial charge on any atom is 0.303 e. The van der Waals surface area contributed by atoms with Gasteiger partial charge in [-0.3, -0.25) is 14.7 Å². The number of carboxylic acids is 1. The molecule has 1 N–H and O–H groups in total. The first-order valence-electron chi connectivity index (χ1n) is 8.20. The van der Waals surface area contributed by atoms with Gasteiger partial charge in [0, 0.05) is 44.0 Å². The summed E-state index contributed by atoms with van der Waals surface area (Å²) in [5, 5.41) is 8.86. The molecule has 1 aliphatic rings. The molecule has 1 aromatic carbocycles. The highest BCUT2D eigenvalue weighted by molar-refractivity contribution is 5.67. The molecular weight excluding hydrogens is 304 g/mol. The van der Waals surface area contributed by atoms with Crippen LogP contribution in [0.3, 0.4) is 0 Å². The number of aryl methyl sites for hydroxylation is 2. The van der Waals surface area contributed by atoms with Gasteiger partial charge in [-0.15, -0.1) is 0 Å². The van der Waals surface area contributed by atoms with Crippen LogP contribution < -0.4 is 4.74 Å². The molecule has 0 aliphatic carbocycles. The number of nitrogens with zero attached hydrogens (tertiary/aromatic N) is 2. The zero-order valence-corrected chi connectivity index (χ0v) is 13.9. The van der Waals surface area contributed by atoms with Crippen LogP contribution in [0, 0.1) is 6.92 Å². The van der Waals surface area contributed by atoms with Crippen molar-refractivity contribution >= 4 is 5.97 Å². The van der Waals surface area contributed by atoms with E-state index < -0.39 is 5.97 Å². The molecule has 2 aromatic rings. The molecule has 0 unspecified atom stereocenters. The second kappa shape index (κ2) is 7.45. The van der Waals surface area contributed by atoms with Gasteiger partial charge in [0.05, 0.1) is 0 Å². The molecule has 0 radical (unpaired) electrons. The number of carbonyl (C=O) groups is 1. The van der Waals surface area contributed by atoms with Gasteiger partial charge in [0.1, 0.15) is 12.4 Å². The average Bonchev–Trinajstić information content (AvgIpc) is 2.77. The fourth-order valence-corrected chi connectivity index (χ4v) is 2.96. The van der Waals surface area contributed by atoms with Crippen LogP contribution in [0.5, 0.6) is 5.75 Å². The minimum atomic E-state index is -0.758. The number of fused-ring (bicyclic) bond motifs is 1. The van der Waals surface area contributed by atoms with Crippen LogP contribution in [0.4, 0.5) is 0 Å². The number of benzene rings is 1. The van der Waals surface area contributed by atoms with Gasteiger partial charge < -0.3 is 9.84 Å². The van der Waals surface area contributed by atoms with E-state index in [1.165, 1.54) is 11.1 Å². The summed E-state index contributed by atoms with van der Waals surface area (Å²) in [7, 11) is 0. The number of aliphatic carboxylic acids is 1. The fourth-order valence-electron chi connectivity index (χ4n) is 2.96. The number of rotatable bonds is 5. The van der Waals surface area contributed by atoms with E-state index in [2.05, 4.69) is 28.9 Å². The van der Waals surface area contributed by atoms with Gasteiger partial charge in [-0.2, -0.15) is 0 Å². The normalized spacial score (nSPS) is 14.5. The average molecular weight is 326 g/mol. The van der Waals surface area contributed by atoms with Crippen molar-refractivity contribution in [1.82, 2.24) is 9.88 Å². The number of carboxylic acid groups (broad SMARTS) is 1. The predicted molar refractivity (Wildman–Crippen MR) is 91.0 cm³/mol. The molecule has 1 aliphatic heterocycles. The molecule has 0 saturated heterocycles. The van der Waals surface area contributed by atoms with E-state index in [0.717, 1.165) is 36.5 Å². The third kappa shape index (κ3) is 4.11. The van der Waals surface area contributed by atoms with Gasteiger partial charge in [-0.25, -0.2) is 0 Å². The Morgan fingerprint density at radius 3 is 3.08 bits per heavy atom. The summed E-state index contributed by atoms with van der Waals surface area (Å²) in [5.41, 5.74) is 4.65. The second-order valence-electron chi connectivity index (χ2n) is 6.20. The number of hydrogen-bond donors (Lipinski definition) is 1. The Bertz CT molecular complexity index is 730. The smallest absolute Gasteiger partial charge is 0.303 e. The first-order valence-corrected chi connectivity index (χ1v) is 8.20. The van der Waals surface area contributed by atoms with E-state index >= 15 is 0 Å². The van der Waals surface area contributed by atoms with Gasteiger partial charge >= 0.3 is 5.97 Å². The molecule has 5 heteroatoms. The highest BCUT2D eigenvalue weighted by Gasteiger charge is 2.16. The molecule has 0 amide bonds. The van der Waals surface area contributed by atoms with Gasteiger partial charge in [0.15, 0.2) is 0 Å². The molecule has 0 bridgehead atoms. The number of pyridine rings is 1. The van der Waals surface area contributed by atoms with Crippen LogP contribution >= 0.6 is 0 Å². The molecule has 0 spiro atoms. The van der Waals surface area contributed by atoms with E-state index in [1.807, 2.05) is 18.3 Å². The summed E-state index contributed by atoms with van der Waals surface area (Å²) in [6, 6.07) is 8.15. The summed E-state index contributed by atoms with van der Waals surface area (Å²) in [6.45, 7) is 5.24. The third-order valence-corrected chi connectivity index (χ3v) is 4.35. The van der Waals surface area contributed by atoms with Crippen molar-refractivity contribution in [2.75, 3.05) is 13.2 Å². The monoisotopic (exact) mass is 326 g/mol. The Balaban J connectivity index is 1.73. The molecule has 5 nitrogen and oxygen atoms in total. The lowest BCUT2D eigenvalue weighted by Crippen LogP contribution is -2.25. The Hall–Kier alpha value is -2.40. The second-order valence-corrected chi connectivity index (χ2v) is 6.20. The molecule has 0 saturated carbocycles. The van der Waals surface area contributed by atoms with Crippen molar-refractivity contribution in [2.24, 2.45) is 0 Å². The lowest BCUT2D eigenvalue weighted by Gasteiger charge is -2.21. The largest absolute Gasteiger partial charge is 0.492 e. The summed E-state index contributed by atoms with van der Waals surface area (Å²) in [6.07, 6.45) is 4.35. The molecule has 0 fully saturated rings. The van der Waals surface area contributed by atoms with E-state index in [4.69, 9.17) is 9.84 Å². The third-order valence-electron chi connectivity index (χ3n) is 4.35. The SMILES string of the molecule is Cc1ccc(CCC(=O)O)cc1CN1CCOc2ccncc2C1. The molecule has 126 valence electrons. The van der Waals surface area contributed by atoms with E-state index in [0.29, 0.717) is 13.0 Å². The first kappa shape index (κ1) is 16.5. The van der Waals surface area contributed by atoms with Crippen LogP contribution in [0.2, 0.25) is 0 Å². The molecule has 2 heterocycles. The van der Waals surface area contributed by atoms with E-state index in [-0.39, 0.29) is 6.42 Å². The van der Waals surface area contributed by atoms with Crippen LogP contribution in [0.1, 0.15) is 28.7 Å². The van der Waals surface area contributed by atoms with Crippen molar-refractivity contribution in [3.63, 3.8) is 0 Å². The summed E-state index contributed by atoms with van der Waals surface area (Å²) >= 11 is 0. The minimum Gasteiger partial charge on any atom is -0.492 e. The van der Waals surface area contributed by atoms with Crippen molar-refractivity contribution in [3.05, 3.63) is 58.9 Å². The van der Waals surface area contributed by atoms with Crippen LogP contribution in [-0.2, 0) is 24.3 Å². The van der Waals surface area contributed by atoms with Crippen molar-refractivity contribution in [3.8, 4) is 5.75 Å². The maximum atomic E-state index is 10.8. The molecule has 0 atom stereocenters. The Labute approximate surface area is 141 Å². The van der Waals surface area contributed by atoms with Gasteiger partial charge in [-0.1, -0.05) is 18.2 Å². The van der Waals surface area contributed by atoms with Gasteiger partial charge in [0.2, 0.25) is 0 Å². The van der Waals surface area contributed by atoms with Gasteiger partial charge in [0.25, 0.3) is 0 Å². The first-order chi connectivity index (χ1) is 11.6. The molecule has 1 aromatic heterocycles. The van der Waals surface area contributed by atoms with Crippen LogP contribution in [0.25, 0.3) is 0 Å². The predicted octanol–water partition coefficient (Wildman–Crippen LogP) is 2.80. The Morgan fingerprint density at radius 1 is 1.38 bits per heavy atom. The summed E-state index contributed by atoms with van der Waals surface area (Å²) < 4.78 is 5.79. The maximum absolute atomic E-state index is 10.8. The highest BCUT2D eigenvalue weighted by Crippen LogP contribution is 2.23. The zero-order chi connectivity index (χ0) is 16.9. The number of aromatic nitrogens is 1. The number of hydrogen-bond acceptors (Lipinski definition) is 4. The summed E-state index contributed by atoms with van der Waals surface area (Å²) in [4.78, 5) is 17.3. The molecular formula is C19H22N2O3. The van der Waals surface area contributed by atoms with Crippen molar-refractivity contribution in [1.29, 1.82) is 0 Å². The standard InChI is InChI=1S/C19H22N2O3/c1-14-2-3-15(4-5-19(22)23)10-16(14)12-21-8-9-24-18-6-7-20-11-17(18)13-21/h2-3,6-7,10-11H,4-5,8-9,12-13H2,1H3,(H,22,23). The zero-order valence-electron chi connectivity index (χ0n) is 13.9. The Kier molecular flexibility index (Phi) is 5.11. The summed E-state index contributed by atoms with van der Waals surface area (Å²) in [5.74, 6) is 0.158. The van der Waals surface area contributed by atoms with Crippen molar-refractivity contribution in [2.45, 2.75) is 32.9 Å². The fraction of sp³-hybridized carbons (Fsp3) is 0.368. The topological polar surface area (TPSA) is 62.7 Å². The van der Waals surface area contributed by atoms with Crippen LogP contribution in [-0.4, -0.2) is 34.1 Å². The van der Waals surface area contributed by atoms with Gasteiger partial charge in [-0.05, 0) is 36.1 Å². The highest BCUT2D eigenvalue weighted by atomic mass is 16.5. The minimum absolute atomic E-state index is 0.166. The molecule has 24 heavy (non-hydrogen) atoms. The lowest BCUT2D eigenvalue weighted by molar-refractivity contribution is -0.136. The van der Waals surface area contributed by atoms with E-state index in [9.17, 15) is 4.79 Å². The lowest BCUT2D eigenvalue weighted by atomic mass is 10.0. The quantitative estimate of drug-likeness (QED) is 0.915. The molecule has 3 rings (SSSR count). The van der Waals surface area contributed by atoms with Crippen molar-refractivity contribution < 1.29 is 14.6 Å². The van der Waals surface area contributed by atoms with E-state index in [1.54, 1.807) is 6.20 Å². The van der Waals surface area contributed by atoms with Crippen LogP contribution in [0.15, 0.2) is 36.7 Å².